The average molecular weight is 343 g/mol. The van der Waals surface area contributed by atoms with Crippen molar-refractivity contribution in [3.63, 3.8) is 0 Å². The van der Waals surface area contributed by atoms with E-state index >= 15 is 0 Å². The van der Waals surface area contributed by atoms with Gasteiger partial charge in [-0.25, -0.2) is 0 Å². The monoisotopic (exact) mass is 343 g/mol. The lowest BCUT2D eigenvalue weighted by Gasteiger charge is -2.34. The maximum Gasteiger partial charge on any atom is 0.257 e. The number of nitrogens with zero attached hydrogens (tertiary/aromatic N) is 5. The van der Waals surface area contributed by atoms with Crippen molar-refractivity contribution in [1.82, 2.24) is 24.5 Å². The number of rotatable bonds is 6. The van der Waals surface area contributed by atoms with Crippen LogP contribution in [0.4, 0.5) is 0 Å². The zero-order chi connectivity index (χ0) is 17.5. The molecule has 0 aromatic carbocycles. The molecule has 0 spiro atoms. The van der Waals surface area contributed by atoms with Gasteiger partial charge < -0.3 is 9.80 Å². The molecule has 0 saturated carbocycles. The van der Waals surface area contributed by atoms with Gasteiger partial charge in [-0.15, -0.1) is 12.3 Å². The summed E-state index contributed by atoms with van der Waals surface area (Å²) in [5.41, 5.74) is 0.704. The van der Waals surface area contributed by atoms with Crippen molar-refractivity contribution in [2.75, 3.05) is 52.4 Å². The molecule has 0 unspecified atom stereocenters. The quantitative estimate of drug-likeness (QED) is 0.727. The van der Waals surface area contributed by atoms with E-state index in [0.717, 1.165) is 52.2 Å². The largest absolute Gasteiger partial charge is 0.336 e. The number of carbonyl (C=O) groups is 1. The van der Waals surface area contributed by atoms with Crippen LogP contribution in [0, 0.1) is 12.3 Å². The molecule has 2 fully saturated rings. The van der Waals surface area contributed by atoms with Gasteiger partial charge in [0.1, 0.15) is 0 Å². The fourth-order valence-corrected chi connectivity index (χ4v) is 3.60. The highest BCUT2D eigenvalue weighted by Crippen LogP contribution is 2.10. The summed E-state index contributed by atoms with van der Waals surface area (Å²) in [5.74, 6) is 2.77. The average Bonchev–Trinajstić information content (AvgIpc) is 3.14. The van der Waals surface area contributed by atoms with Crippen LogP contribution in [0.1, 0.15) is 36.0 Å². The predicted molar refractivity (Wildman–Crippen MR) is 98.3 cm³/mol. The van der Waals surface area contributed by atoms with Crippen molar-refractivity contribution >= 4 is 5.91 Å². The summed E-state index contributed by atoms with van der Waals surface area (Å²) >= 11 is 0. The van der Waals surface area contributed by atoms with Gasteiger partial charge in [-0.3, -0.25) is 14.4 Å². The molecule has 0 atom stereocenters. The number of likely N-dealkylation sites (tertiary alicyclic amines) is 1. The second kappa shape index (κ2) is 9.02. The molecule has 6 heteroatoms. The van der Waals surface area contributed by atoms with Crippen molar-refractivity contribution in [2.45, 2.75) is 32.2 Å². The Labute approximate surface area is 150 Å². The van der Waals surface area contributed by atoms with Crippen LogP contribution < -0.4 is 0 Å². The molecule has 2 aliphatic rings. The Balaban J connectivity index is 1.45. The summed E-state index contributed by atoms with van der Waals surface area (Å²) in [5, 5.41) is 4.38. The van der Waals surface area contributed by atoms with Gasteiger partial charge in [-0.1, -0.05) is 6.42 Å². The fourth-order valence-electron chi connectivity index (χ4n) is 3.60. The Bertz CT molecular complexity index is 591. The standard InChI is InChI=1S/C19H29N5O/c1-2-3-7-22-10-13-23(14-11-22)19(25)18-16-20-24(17-18)15-12-21-8-5-4-6-9-21/h1,16-17H,3-15H2. The van der Waals surface area contributed by atoms with E-state index < -0.39 is 0 Å². The molecule has 0 bridgehead atoms. The van der Waals surface area contributed by atoms with Crippen LogP contribution in [0.25, 0.3) is 0 Å². The molecule has 0 N–H and O–H groups in total. The van der Waals surface area contributed by atoms with Gasteiger partial charge >= 0.3 is 0 Å². The van der Waals surface area contributed by atoms with E-state index in [2.05, 4.69) is 20.8 Å². The molecule has 1 amide bonds. The summed E-state index contributed by atoms with van der Waals surface area (Å²) in [6, 6.07) is 0. The van der Waals surface area contributed by atoms with E-state index in [1.54, 1.807) is 6.20 Å². The third-order valence-electron chi connectivity index (χ3n) is 5.21. The summed E-state index contributed by atoms with van der Waals surface area (Å²) in [6.07, 6.45) is 13.7. The number of amides is 1. The molecular weight excluding hydrogens is 314 g/mol. The maximum absolute atomic E-state index is 12.7. The van der Waals surface area contributed by atoms with Crippen LogP contribution in [0.15, 0.2) is 12.4 Å². The lowest BCUT2D eigenvalue weighted by molar-refractivity contribution is 0.0639. The fraction of sp³-hybridized carbons (Fsp3) is 0.684. The van der Waals surface area contributed by atoms with Crippen LogP contribution in [0.5, 0.6) is 0 Å². The smallest absolute Gasteiger partial charge is 0.257 e. The van der Waals surface area contributed by atoms with Crippen molar-refractivity contribution in [1.29, 1.82) is 0 Å². The number of piperidine rings is 1. The van der Waals surface area contributed by atoms with E-state index in [-0.39, 0.29) is 5.91 Å². The van der Waals surface area contributed by atoms with Crippen LogP contribution in [-0.4, -0.2) is 82.7 Å². The minimum absolute atomic E-state index is 0.0980. The molecule has 0 aliphatic carbocycles. The third kappa shape index (κ3) is 5.07. The lowest BCUT2D eigenvalue weighted by atomic mass is 10.1. The van der Waals surface area contributed by atoms with Crippen molar-refractivity contribution in [3.05, 3.63) is 18.0 Å². The molecule has 0 radical (unpaired) electrons. The molecule has 2 aliphatic heterocycles. The van der Waals surface area contributed by atoms with Gasteiger partial charge in [0.05, 0.1) is 18.3 Å². The maximum atomic E-state index is 12.7. The Morgan fingerprint density at radius 1 is 1.00 bits per heavy atom. The Morgan fingerprint density at radius 2 is 1.72 bits per heavy atom. The van der Waals surface area contributed by atoms with Crippen molar-refractivity contribution < 1.29 is 4.79 Å². The highest BCUT2D eigenvalue weighted by Gasteiger charge is 2.22. The number of piperazine rings is 1. The van der Waals surface area contributed by atoms with Crippen LogP contribution in [0.3, 0.4) is 0 Å². The molecule has 136 valence electrons. The summed E-state index contributed by atoms with van der Waals surface area (Å²) in [6.45, 7) is 8.51. The molecular formula is C19H29N5O. The van der Waals surface area contributed by atoms with Gasteiger partial charge in [0.25, 0.3) is 5.91 Å². The molecule has 3 rings (SSSR count). The Morgan fingerprint density at radius 3 is 2.44 bits per heavy atom. The van der Waals surface area contributed by atoms with E-state index in [1.165, 1.54) is 32.4 Å². The third-order valence-corrected chi connectivity index (χ3v) is 5.21. The topological polar surface area (TPSA) is 44.6 Å². The van der Waals surface area contributed by atoms with Gasteiger partial charge in [-0.2, -0.15) is 5.10 Å². The Hall–Kier alpha value is -1.84. The first-order valence-corrected chi connectivity index (χ1v) is 9.46. The first kappa shape index (κ1) is 18.0. The predicted octanol–water partition coefficient (Wildman–Crippen LogP) is 1.15. The number of aromatic nitrogens is 2. The zero-order valence-electron chi connectivity index (χ0n) is 15.1. The van der Waals surface area contributed by atoms with Gasteiger partial charge in [-0.05, 0) is 25.9 Å². The number of terminal acetylenes is 1. The minimum atomic E-state index is 0.0980. The second-order valence-corrected chi connectivity index (χ2v) is 6.98. The summed E-state index contributed by atoms with van der Waals surface area (Å²) < 4.78 is 1.91. The highest BCUT2D eigenvalue weighted by molar-refractivity contribution is 5.93. The minimum Gasteiger partial charge on any atom is -0.336 e. The molecule has 25 heavy (non-hydrogen) atoms. The number of carbonyl (C=O) groups excluding carboxylic acids is 1. The van der Waals surface area contributed by atoms with Gasteiger partial charge in [0, 0.05) is 51.9 Å². The van der Waals surface area contributed by atoms with Crippen molar-refractivity contribution in [2.24, 2.45) is 0 Å². The van der Waals surface area contributed by atoms with E-state index in [4.69, 9.17) is 6.42 Å². The van der Waals surface area contributed by atoms with Gasteiger partial charge in [0.15, 0.2) is 0 Å². The Kier molecular flexibility index (Phi) is 6.48. The number of hydrogen-bond donors (Lipinski definition) is 0. The first-order chi connectivity index (χ1) is 12.3. The van der Waals surface area contributed by atoms with E-state index in [9.17, 15) is 4.79 Å². The molecule has 1 aromatic heterocycles. The summed E-state index contributed by atoms with van der Waals surface area (Å²) in [4.78, 5) is 19.4. The second-order valence-electron chi connectivity index (χ2n) is 6.98. The normalized spacial score (nSPS) is 19.7. The molecule has 1 aromatic rings. The number of hydrogen-bond acceptors (Lipinski definition) is 4. The molecule has 2 saturated heterocycles. The van der Waals surface area contributed by atoms with Crippen molar-refractivity contribution in [3.8, 4) is 12.3 Å². The lowest BCUT2D eigenvalue weighted by Crippen LogP contribution is -2.48. The highest BCUT2D eigenvalue weighted by atomic mass is 16.2. The first-order valence-electron chi connectivity index (χ1n) is 9.46. The SMILES string of the molecule is C#CCCN1CCN(C(=O)c2cnn(CCN3CCCCC3)c2)CC1. The van der Waals surface area contributed by atoms with E-state index in [1.807, 2.05) is 15.8 Å². The van der Waals surface area contributed by atoms with Gasteiger partial charge in [0.2, 0.25) is 0 Å². The summed E-state index contributed by atoms with van der Waals surface area (Å²) in [7, 11) is 0. The molecule has 6 nitrogen and oxygen atoms in total. The van der Waals surface area contributed by atoms with Crippen LogP contribution >= 0.6 is 0 Å². The van der Waals surface area contributed by atoms with E-state index in [0.29, 0.717) is 5.56 Å². The van der Waals surface area contributed by atoms with Crippen LogP contribution in [-0.2, 0) is 6.54 Å². The molecule has 3 heterocycles. The van der Waals surface area contributed by atoms with Crippen LogP contribution in [0.2, 0.25) is 0 Å². The zero-order valence-corrected chi connectivity index (χ0v) is 15.1.